The molecule has 0 aliphatic heterocycles. The van der Waals surface area contributed by atoms with Crippen molar-refractivity contribution in [1.29, 1.82) is 0 Å². The Bertz CT molecular complexity index is 1150. The van der Waals surface area contributed by atoms with Crippen LogP contribution < -0.4 is 10.6 Å². The number of pyridine rings is 1. The van der Waals surface area contributed by atoms with Gasteiger partial charge in [-0.1, -0.05) is 36.4 Å². The molecule has 0 aliphatic carbocycles. The van der Waals surface area contributed by atoms with Crippen LogP contribution in [0.25, 0.3) is 11.3 Å². The smallest absolute Gasteiger partial charge is 0.191 e. The second kappa shape index (κ2) is 11.2. The van der Waals surface area contributed by atoms with Crippen molar-refractivity contribution in [3.05, 3.63) is 83.6 Å². The first kappa shape index (κ1) is 24.8. The summed E-state index contributed by atoms with van der Waals surface area (Å²) in [7, 11) is -1.49. The number of sulfone groups is 1. The summed E-state index contributed by atoms with van der Waals surface area (Å²) in [5, 5.41) is 6.57. The molecule has 2 N–H and O–H groups in total. The Morgan fingerprint density at radius 2 is 1.68 bits per heavy atom. The van der Waals surface area contributed by atoms with Crippen molar-refractivity contribution in [2.75, 3.05) is 13.3 Å². The van der Waals surface area contributed by atoms with Crippen molar-refractivity contribution in [2.24, 2.45) is 4.99 Å². The lowest BCUT2D eigenvalue weighted by molar-refractivity contribution is 0.601. The number of aliphatic imine (C=N–C) groups is 1. The van der Waals surface area contributed by atoms with E-state index in [0.29, 0.717) is 23.9 Å². The number of nitrogens with zero attached hydrogens (tertiary/aromatic N) is 2. The Hall–Kier alpha value is -2.46. The van der Waals surface area contributed by atoms with Gasteiger partial charge in [-0.3, -0.25) is 9.98 Å². The summed E-state index contributed by atoms with van der Waals surface area (Å²) in [5.74, 6) is 0.670. The molecule has 1 aromatic heterocycles. The summed E-state index contributed by atoms with van der Waals surface area (Å²) in [4.78, 5) is 9.03. The molecule has 3 aromatic rings. The molecule has 0 aliphatic rings. The van der Waals surface area contributed by atoms with Crippen LogP contribution in [0.15, 0.2) is 76.7 Å². The molecule has 0 fully saturated rings. The Balaban J connectivity index is 0.00000341. The van der Waals surface area contributed by atoms with Gasteiger partial charge in [0, 0.05) is 38.2 Å². The molecule has 0 saturated carbocycles. The second-order valence-corrected chi connectivity index (χ2v) is 9.05. The fraction of sp³-hybridized carbons (Fsp3) is 0.217. The topological polar surface area (TPSA) is 83.4 Å². The minimum Gasteiger partial charge on any atom is -0.352 e. The lowest BCUT2D eigenvalue weighted by Crippen LogP contribution is -2.36. The van der Waals surface area contributed by atoms with E-state index in [1.54, 1.807) is 19.3 Å². The van der Waals surface area contributed by atoms with Gasteiger partial charge in [-0.15, -0.1) is 24.0 Å². The van der Waals surface area contributed by atoms with Crippen LogP contribution in [-0.4, -0.2) is 32.7 Å². The van der Waals surface area contributed by atoms with Gasteiger partial charge in [-0.25, -0.2) is 8.42 Å². The SMILES string of the molecule is CN=C(NCc1cccc(-c2ccccn2)c1)NCc1ccc(S(C)(=O)=O)c(C)c1.I. The van der Waals surface area contributed by atoms with E-state index in [9.17, 15) is 8.42 Å². The van der Waals surface area contributed by atoms with Gasteiger partial charge in [0.2, 0.25) is 0 Å². The lowest BCUT2D eigenvalue weighted by Gasteiger charge is -2.13. The maximum atomic E-state index is 11.8. The highest BCUT2D eigenvalue weighted by molar-refractivity contribution is 14.0. The highest BCUT2D eigenvalue weighted by atomic mass is 127. The summed E-state index contributed by atoms with van der Waals surface area (Å²) in [5.41, 5.74) is 4.86. The molecule has 0 radical (unpaired) electrons. The van der Waals surface area contributed by atoms with Gasteiger partial charge < -0.3 is 10.6 Å². The highest BCUT2D eigenvalue weighted by Crippen LogP contribution is 2.18. The first-order valence-electron chi connectivity index (χ1n) is 9.61. The van der Waals surface area contributed by atoms with E-state index < -0.39 is 9.84 Å². The normalized spacial score (nSPS) is 11.5. The molecule has 31 heavy (non-hydrogen) atoms. The molecule has 0 spiro atoms. The summed E-state index contributed by atoms with van der Waals surface area (Å²) >= 11 is 0. The van der Waals surface area contributed by atoms with Gasteiger partial charge in [0.05, 0.1) is 10.6 Å². The number of rotatable bonds is 6. The zero-order valence-electron chi connectivity index (χ0n) is 17.8. The zero-order chi connectivity index (χ0) is 21.6. The molecule has 2 aromatic carbocycles. The van der Waals surface area contributed by atoms with E-state index >= 15 is 0 Å². The van der Waals surface area contributed by atoms with Gasteiger partial charge in [-0.05, 0) is 47.9 Å². The summed E-state index contributed by atoms with van der Waals surface area (Å²) < 4.78 is 23.5. The van der Waals surface area contributed by atoms with Crippen LogP contribution in [0, 0.1) is 6.92 Å². The lowest BCUT2D eigenvalue weighted by atomic mass is 10.1. The van der Waals surface area contributed by atoms with Crippen LogP contribution in [-0.2, 0) is 22.9 Å². The van der Waals surface area contributed by atoms with E-state index in [1.807, 2.05) is 49.4 Å². The van der Waals surface area contributed by atoms with Crippen molar-refractivity contribution >= 4 is 39.8 Å². The quantitative estimate of drug-likeness (QED) is 0.276. The number of halogens is 1. The van der Waals surface area contributed by atoms with Crippen LogP contribution >= 0.6 is 24.0 Å². The largest absolute Gasteiger partial charge is 0.352 e. The number of nitrogens with one attached hydrogen (secondary N) is 2. The first-order valence-corrected chi connectivity index (χ1v) is 11.5. The summed E-state index contributed by atoms with van der Waals surface area (Å²) in [6.07, 6.45) is 3.01. The van der Waals surface area contributed by atoms with Crippen molar-refractivity contribution < 1.29 is 8.42 Å². The summed E-state index contributed by atoms with van der Waals surface area (Å²) in [6.45, 7) is 2.96. The third kappa shape index (κ3) is 7.03. The third-order valence-corrected chi connectivity index (χ3v) is 5.93. The van der Waals surface area contributed by atoms with E-state index in [4.69, 9.17) is 0 Å². The highest BCUT2D eigenvalue weighted by Gasteiger charge is 2.11. The van der Waals surface area contributed by atoms with E-state index in [1.165, 1.54) is 6.26 Å². The van der Waals surface area contributed by atoms with Gasteiger partial charge in [0.25, 0.3) is 0 Å². The Kier molecular flexibility index (Phi) is 9.00. The maximum Gasteiger partial charge on any atom is 0.191 e. The third-order valence-electron chi connectivity index (χ3n) is 4.67. The van der Waals surface area contributed by atoms with Crippen LogP contribution in [0.4, 0.5) is 0 Å². The molecule has 164 valence electrons. The standard InChI is InChI=1S/C23H26N4O2S.HI/c1-17-13-19(10-11-22(17)30(3,28)29)16-27-23(24-2)26-15-18-7-6-8-20(14-18)21-9-4-5-12-25-21;/h4-14H,15-16H2,1-3H3,(H2,24,26,27);1H. The molecular weight excluding hydrogens is 523 g/mol. The molecule has 6 nitrogen and oxygen atoms in total. The number of hydrogen-bond acceptors (Lipinski definition) is 4. The van der Waals surface area contributed by atoms with E-state index in [2.05, 4.69) is 32.7 Å². The van der Waals surface area contributed by atoms with Crippen molar-refractivity contribution in [3.63, 3.8) is 0 Å². The number of aryl methyl sites for hydroxylation is 1. The number of aromatic nitrogens is 1. The molecule has 3 rings (SSSR count). The van der Waals surface area contributed by atoms with Crippen LogP contribution in [0.2, 0.25) is 0 Å². The molecule has 0 atom stereocenters. The average Bonchev–Trinajstić information content (AvgIpc) is 2.74. The minimum absolute atomic E-state index is 0. The zero-order valence-corrected chi connectivity index (χ0v) is 20.9. The van der Waals surface area contributed by atoms with Gasteiger partial charge >= 0.3 is 0 Å². The van der Waals surface area contributed by atoms with Crippen molar-refractivity contribution in [1.82, 2.24) is 15.6 Å². The molecule has 0 saturated heterocycles. The fourth-order valence-corrected chi connectivity index (χ4v) is 4.16. The van der Waals surface area contributed by atoms with E-state index in [-0.39, 0.29) is 24.0 Å². The van der Waals surface area contributed by atoms with Gasteiger partial charge in [0.1, 0.15) is 0 Å². The molecule has 0 unspecified atom stereocenters. The van der Waals surface area contributed by atoms with Crippen LogP contribution in [0.1, 0.15) is 16.7 Å². The monoisotopic (exact) mass is 550 g/mol. The minimum atomic E-state index is -3.21. The van der Waals surface area contributed by atoms with Crippen LogP contribution in [0.5, 0.6) is 0 Å². The van der Waals surface area contributed by atoms with Gasteiger partial charge in [-0.2, -0.15) is 0 Å². The fourth-order valence-electron chi connectivity index (χ4n) is 3.20. The van der Waals surface area contributed by atoms with Gasteiger partial charge in [0.15, 0.2) is 15.8 Å². The van der Waals surface area contributed by atoms with Crippen molar-refractivity contribution in [3.8, 4) is 11.3 Å². The predicted octanol–water partition coefficient (Wildman–Crippen LogP) is 3.94. The predicted molar refractivity (Wildman–Crippen MR) is 136 cm³/mol. The molecule has 0 bridgehead atoms. The second-order valence-electron chi connectivity index (χ2n) is 7.07. The van der Waals surface area contributed by atoms with E-state index in [0.717, 1.165) is 27.9 Å². The van der Waals surface area contributed by atoms with Crippen molar-refractivity contribution in [2.45, 2.75) is 24.9 Å². The molecule has 8 heteroatoms. The molecule has 0 amide bonds. The summed E-state index contributed by atoms with van der Waals surface area (Å²) in [6, 6.07) is 19.4. The molecular formula is C23H27IN4O2S. The maximum absolute atomic E-state index is 11.8. The average molecular weight is 550 g/mol. The molecule has 1 heterocycles. The Morgan fingerprint density at radius 3 is 2.26 bits per heavy atom. The number of benzene rings is 2. The Labute approximate surface area is 201 Å². The Morgan fingerprint density at radius 1 is 0.968 bits per heavy atom. The van der Waals surface area contributed by atoms with Crippen LogP contribution in [0.3, 0.4) is 0 Å². The number of guanidine groups is 1. The first-order chi connectivity index (χ1) is 14.4. The number of hydrogen-bond donors (Lipinski definition) is 2.